The molecule has 0 bridgehead atoms. The average molecular weight is 443 g/mol. The maximum Gasteiger partial charge on any atom is 0.257 e. The maximum atomic E-state index is 13.0. The zero-order chi connectivity index (χ0) is 23.7. The quantitative estimate of drug-likeness (QED) is 0.455. The molecule has 1 aliphatic rings. The number of hydrogen-bond donors (Lipinski definition) is 2. The van der Waals surface area contributed by atoms with E-state index in [1.54, 1.807) is 30.7 Å². The molecule has 4 aromatic rings. The van der Waals surface area contributed by atoms with Crippen LogP contribution in [0.25, 0.3) is 21.9 Å². The molecule has 4 heterocycles. The third-order valence-electron chi connectivity index (χ3n) is 5.95. The number of carbonyl (C=O) groups excluding carboxylic acids is 1. The average Bonchev–Trinajstić information content (AvgIpc) is 3.38. The van der Waals surface area contributed by atoms with Gasteiger partial charge in [0.15, 0.2) is 0 Å². The largest absolute Gasteiger partial charge is 0.354 e. The molecule has 1 amide bonds. The lowest BCUT2D eigenvalue weighted by Gasteiger charge is -2.43. The van der Waals surface area contributed by atoms with Gasteiger partial charge >= 0.3 is 0 Å². The molecule has 1 saturated heterocycles. The van der Waals surface area contributed by atoms with Crippen LogP contribution >= 0.6 is 0 Å². The lowest BCUT2D eigenvalue weighted by Crippen LogP contribution is -2.58. The van der Waals surface area contributed by atoms with Gasteiger partial charge in [-0.2, -0.15) is 5.10 Å². The highest BCUT2D eigenvalue weighted by atomic mass is 16.1. The van der Waals surface area contributed by atoms with Gasteiger partial charge in [-0.05, 0) is 35.2 Å². The number of nitrogens with zero attached hydrogens (tertiary/aromatic N) is 5. The molecule has 11 heteroatoms. The number of fused-ring (bicyclic) bond motifs is 1. The molecule has 6 radical (unpaired) electrons. The fraction of sp³-hybridized carbons (Fsp3) is 0.217. The van der Waals surface area contributed by atoms with E-state index in [-0.39, 0.29) is 5.91 Å². The lowest BCUT2D eigenvalue weighted by molar-refractivity contribution is 0.102. The molecule has 1 aliphatic heterocycles. The number of H-pyrrole nitrogens is 1. The number of pyridine rings is 2. The molecule has 34 heavy (non-hydrogen) atoms. The number of hydrogen-bond acceptors (Lipinski definition) is 6. The number of carbonyl (C=O) groups is 1. The summed E-state index contributed by atoms with van der Waals surface area (Å²) in [5.74, 6) is 0.921. The van der Waals surface area contributed by atoms with Crippen LogP contribution in [0.5, 0.6) is 0 Å². The summed E-state index contributed by atoms with van der Waals surface area (Å²) in [7, 11) is 17.3. The summed E-state index contributed by atoms with van der Waals surface area (Å²) in [5.41, 5.74) is 2.51. The second-order valence-corrected chi connectivity index (χ2v) is 8.34. The molecule has 5 rings (SSSR count). The number of rotatable bonds is 5. The Hall–Kier alpha value is -3.59. The van der Waals surface area contributed by atoms with Gasteiger partial charge in [0.25, 0.3) is 5.91 Å². The Kier molecular flexibility index (Phi) is 5.87. The molecule has 0 spiro atoms. The number of piperazine rings is 1. The number of aromatic amines is 1. The van der Waals surface area contributed by atoms with Crippen molar-refractivity contribution in [2.75, 3.05) is 36.4 Å². The smallest absolute Gasteiger partial charge is 0.257 e. The van der Waals surface area contributed by atoms with Crippen LogP contribution in [0.1, 0.15) is 10.4 Å². The van der Waals surface area contributed by atoms with E-state index in [1.165, 1.54) is 0 Å². The van der Waals surface area contributed by atoms with Crippen LogP contribution in [-0.4, -0.2) is 85.9 Å². The minimum atomic E-state index is -1.34. The molecular formula is C23H20B3N7O. The Bertz CT molecular complexity index is 1320. The Morgan fingerprint density at radius 1 is 0.941 bits per heavy atom. The highest BCUT2D eigenvalue weighted by Crippen LogP contribution is 2.25. The second-order valence-electron chi connectivity index (χ2n) is 8.34. The fourth-order valence-electron chi connectivity index (χ4n) is 4.04. The van der Waals surface area contributed by atoms with Crippen LogP contribution in [0.2, 0.25) is 0 Å². The normalized spacial score (nSPS) is 14.9. The van der Waals surface area contributed by atoms with E-state index in [1.807, 2.05) is 35.4 Å². The summed E-state index contributed by atoms with van der Waals surface area (Å²) in [6, 6.07) is 11.4. The summed E-state index contributed by atoms with van der Waals surface area (Å²) in [6.07, 6.45) is 6.98. The van der Waals surface area contributed by atoms with Crippen molar-refractivity contribution in [1.82, 2.24) is 25.1 Å². The van der Waals surface area contributed by atoms with Crippen LogP contribution in [0, 0.1) is 0 Å². The number of amides is 1. The van der Waals surface area contributed by atoms with E-state index in [4.69, 9.17) is 23.5 Å². The maximum absolute atomic E-state index is 13.0. The van der Waals surface area contributed by atoms with Gasteiger partial charge in [0, 0.05) is 61.3 Å². The fourth-order valence-corrected chi connectivity index (χ4v) is 4.04. The number of benzene rings is 1. The minimum Gasteiger partial charge on any atom is -0.354 e. The van der Waals surface area contributed by atoms with Crippen molar-refractivity contribution >= 4 is 51.9 Å². The van der Waals surface area contributed by atoms with Gasteiger partial charge in [-0.3, -0.25) is 9.89 Å². The predicted octanol–water partition coefficient (Wildman–Crippen LogP) is 1.51. The van der Waals surface area contributed by atoms with Crippen LogP contribution in [-0.2, 0) is 0 Å². The van der Waals surface area contributed by atoms with Gasteiger partial charge in [0.05, 0.1) is 29.7 Å². The molecule has 0 aliphatic carbocycles. The van der Waals surface area contributed by atoms with E-state index in [0.717, 1.165) is 21.9 Å². The molecule has 3 aromatic heterocycles. The van der Waals surface area contributed by atoms with Crippen molar-refractivity contribution in [3.8, 4) is 11.1 Å². The molecule has 1 aromatic carbocycles. The van der Waals surface area contributed by atoms with Crippen molar-refractivity contribution in [2.24, 2.45) is 0 Å². The Labute approximate surface area is 201 Å². The highest BCUT2D eigenvalue weighted by molar-refractivity contribution is 6.59. The van der Waals surface area contributed by atoms with Crippen molar-refractivity contribution in [3.05, 3.63) is 66.7 Å². The van der Waals surface area contributed by atoms with E-state index in [9.17, 15) is 4.79 Å². The Morgan fingerprint density at radius 3 is 2.50 bits per heavy atom. The van der Waals surface area contributed by atoms with Crippen molar-refractivity contribution < 1.29 is 4.79 Å². The number of anilines is 2. The molecular weight excluding hydrogens is 423 g/mol. The van der Waals surface area contributed by atoms with E-state index < -0.39 is 5.24 Å². The zero-order valence-electron chi connectivity index (χ0n) is 18.5. The van der Waals surface area contributed by atoms with Crippen LogP contribution < -0.4 is 10.2 Å². The first kappa shape index (κ1) is 22.2. The highest BCUT2D eigenvalue weighted by Gasteiger charge is 2.25. The first-order valence-corrected chi connectivity index (χ1v) is 10.9. The number of aromatic nitrogens is 4. The predicted molar refractivity (Wildman–Crippen MR) is 135 cm³/mol. The first-order chi connectivity index (χ1) is 16.4. The monoisotopic (exact) mass is 443 g/mol. The minimum absolute atomic E-state index is 0.259. The third kappa shape index (κ3) is 4.70. The summed E-state index contributed by atoms with van der Waals surface area (Å²) in [5, 5.41) is 10.3. The Balaban J connectivity index is 1.31. The van der Waals surface area contributed by atoms with Gasteiger partial charge in [0.1, 0.15) is 11.6 Å². The van der Waals surface area contributed by atoms with Crippen molar-refractivity contribution in [1.29, 1.82) is 0 Å². The van der Waals surface area contributed by atoms with Crippen LogP contribution in [0.3, 0.4) is 0 Å². The van der Waals surface area contributed by atoms with Gasteiger partial charge in [-0.15, -0.1) is 0 Å². The van der Waals surface area contributed by atoms with Crippen molar-refractivity contribution in [2.45, 2.75) is 5.24 Å². The molecule has 8 nitrogen and oxygen atoms in total. The van der Waals surface area contributed by atoms with Crippen LogP contribution in [0.4, 0.5) is 11.6 Å². The summed E-state index contributed by atoms with van der Waals surface area (Å²) in [6.45, 7) is 2.50. The van der Waals surface area contributed by atoms with Gasteiger partial charge in [-0.25, -0.2) is 9.97 Å². The van der Waals surface area contributed by atoms with Gasteiger partial charge in [0.2, 0.25) is 0 Å². The summed E-state index contributed by atoms with van der Waals surface area (Å²) >= 11 is 0. The first-order valence-electron chi connectivity index (χ1n) is 10.9. The van der Waals surface area contributed by atoms with E-state index in [2.05, 4.69) is 30.4 Å². The van der Waals surface area contributed by atoms with Crippen molar-refractivity contribution in [3.63, 3.8) is 0 Å². The molecule has 2 N–H and O–H groups in total. The lowest BCUT2D eigenvalue weighted by atomic mass is 9.48. The SMILES string of the molecule is [B]C([B])([B])N1CCN(c2cc(C(=O)Nc3cc4cc(-c5cn[nH]c5)ccc4cn3)ccn2)CC1. The molecule has 162 valence electrons. The molecule has 0 atom stereocenters. The zero-order valence-corrected chi connectivity index (χ0v) is 18.5. The molecule has 1 fully saturated rings. The molecule has 0 saturated carbocycles. The topological polar surface area (TPSA) is 90.0 Å². The second kappa shape index (κ2) is 8.98. The number of nitrogens with one attached hydrogen (secondary N) is 2. The third-order valence-corrected chi connectivity index (χ3v) is 5.95. The molecule has 0 unspecified atom stereocenters. The van der Waals surface area contributed by atoms with Gasteiger partial charge < -0.3 is 15.1 Å². The van der Waals surface area contributed by atoms with E-state index in [0.29, 0.717) is 43.4 Å². The summed E-state index contributed by atoms with van der Waals surface area (Å²) < 4.78 is 0. The Morgan fingerprint density at radius 2 is 1.76 bits per heavy atom. The van der Waals surface area contributed by atoms with Crippen LogP contribution in [0.15, 0.2) is 61.2 Å². The van der Waals surface area contributed by atoms with E-state index >= 15 is 0 Å². The summed E-state index contributed by atoms with van der Waals surface area (Å²) in [4.78, 5) is 25.7. The van der Waals surface area contributed by atoms with Gasteiger partial charge in [-0.1, -0.05) is 17.4 Å². The standard InChI is InChI=1S/C23H20B3N7O/c24-23(25,26)33-7-5-32(6-8-33)21-11-16(3-4-27-21)22(34)31-20-10-18-9-15(19-13-29-30-14-19)1-2-17(18)12-28-20/h1-4,9-14H,5-8H2,(H,29,30)(H,28,31,34).